The van der Waals surface area contributed by atoms with Gasteiger partial charge in [0, 0.05) is 18.3 Å². The molecule has 92 valence electrons. The molecule has 1 rings (SSSR count). The van der Waals surface area contributed by atoms with Gasteiger partial charge >= 0.3 is 0 Å². The zero-order valence-electron chi connectivity index (χ0n) is 10.9. The number of nitrogens with zero attached hydrogens (tertiary/aromatic N) is 3. The summed E-state index contributed by atoms with van der Waals surface area (Å²) in [5.41, 5.74) is 3.13. The zero-order valence-corrected chi connectivity index (χ0v) is 10.9. The van der Waals surface area contributed by atoms with Gasteiger partial charge in [0.2, 0.25) is 0 Å². The summed E-state index contributed by atoms with van der Waals surface area (Å²) >= 11 is 0. The Bertz CT molecular complexity index is 524. The molecule has 0 radical (unpaired) electrons. The molecule has 0 aromatic rings. The molecular weight excluding hydrogens is 222 g/mol. The molecule has 1 heterocycles. The van der Waals surface area contributed by atoms with E-state index in [2.05, 4.69) is 24.7 Å². The Hall–Kier alpha value is -2.34. The van der Waals surface area contributed by atoms with Crippen LogP contribution in [0.5, 0.6) is 0 Å². The van der Waals surface area contributed by atoms with Crippen molar-refractivity contribution >= 4 is 5.71 Å². The average molecular weight is 239 g/mol. The molecule has 0 saturated heterocycles. The summed E-state index contributed by atoms with van der Waals surface area (Å²) in [7, 11) is 1.90. The van der Waals surface area contributed by atoms with E-state index in [0.29, 0.717) is 11.4 Å². The van der Waals surface area contributed by atoms with Crippen LogP contribution in [0.1, 0.15) is 13.3 Å². The molecule has 0 aliphatic carbocycles. The molecule has 0 atom stereocenters. The van der Waals surface area contributed by atoms with E-state index in [1.165, 1.54) is 0 Å². The maximum absolute atomic E-state index is 8.78. The van der Waals surface area contributed by atoms with Gasteiger partial charge in [-0.2, -0.15) is 5.26 Å². The second-order valence-electron chi connectivity index (χ2n) is 3.93. The number of allylic oxidation sites excluding steroid dienone is 5. The number of rotatable bonds is 4. The molecule has 0 amide bonds. The smallest absolute Gasteiger partial charge is 0.134 e. The van der Waals surface area contributed by atoms with Crippen LogP contribution in [0.25, 0.3) is 0 Å². The van der Waals surface area contributed by atoms with E-state index < -0.39 is 0 Å². The minimum atomic E-state index is 0.368. The summed E-state index contributed by atoms with van der Waals surface area (Å²) in [5, 5.41) is 8.78. The molecular formula is C15H17N3. The van der Waals surface area contributed by atoms with Crippen LogP contribution in [0.2, 0.25) is 0 Å². The minimum Gasteiger partial charge on any atom is -0.329 e. The first-order valence-corrected chi connectivity index (χ1v) is 5.68. The van der Waals surface area contributed by atoms with Crippen molar-refractivity contribution in [1.29, 1.82) is 5.26 Å². The molecule has 0 fully saturated rings. The highest BCUT2D eigenvalue weighted by molar-refractivity contribution is 6.05. The van der Waals surface area contributed by atoms with Crippen LogP contribution in [0, 0.1) is 11.3 Å². The molecule has 0 N–H and O–H groups in total. The van der Waals surface area contributed by atoms with Gasteiger partial charge in [-0.25, -0.2) is 4.99 Å². The first-order valence-electron chi connectivity index (χ1n) is 5.68. The van der Waals surface area contributed by atoms with E-state index in [4.69, 9.17) is 5.26 Å². The van der Waals surface area contributed by atoms with Gasteiger partial charge in [-0.3, -0.25) is 0 Å². The van der Waals surface area contributed by atoms with Crippen molar-refractivity contribution in [3.05, 3.63) is 60.6 Å². The second-order valence-corrected chi connectivity index (χ2v) is 3.93. The van der Waals surface area contributed by atoms with E-state index in [-0.39, 0.29) is 0 Å². The van der Waals surface area contributed by atoms with Gasteiger partial charge in [-0.15, -0.1) is 0 Å². The highest BCUT2D eigenvalue weighted by atomic mass is 15.2. The molecule has 1 aliphatic rings. The summed E-state index contributed by atoms with van der Waals surface area (Å²) in [5.74, 6) is 0.670. The van der Waals surface area contributed by atoms with E-state index in [1.54, 1.807) is 12.2 Å². The van der Waals surface area contributed by atoms with Gasteiger partial charge in [0.25, 0.3) is 0 Å². The summed E-state index contributed by atoms with van der Waals surface area (Å²) in [4.78, 5) is 6.30. The normalized spacial score (nSPS) is 16.7. The SMILES string of the molecule is C=CC1=N/C(=C/C(=C)C#N)N(C)C(C(=C)CC)=C1. The van der Waals surface area contributed by atoms with Crippen LogP contribution in [-0.4, -0.2) is 17.7 Å². The van der Waals surface area contributed by atoms with Crippen molar-refractivity contribution in [3.8, 4) is 6.07 Å². The lowest BCUT2D eigenvalue weighted by molar-refractivity contribution is 0.514. The number of hydrogen-bond donors (Lipinski definition) is 0. The third-order valence-electron chi connectivity index (χ3n) is 2.68. The van der Waals surface area contributed by atoms with Gasteiger partial charge in [0.1, 0.15) is 5.82 Å². The molecule has 3 heteroatoms. The molecule has 18 heavy (non-hydrogen) atoms. The minimum absolute atomic E-state index is 0.368. The number of nitriles is 1. The molecule has 0 aromatic heterocycles. The van der Waals surface area contributed by atoms with Gasteiger partial charge in [0.05, 0.1) is 11.8 Å². The maximum Gasteiger partial charge on any atom is 0.134 e. The molecule has 3 nitrogen and oxygen atoms in total. The highest BCUT2D eigenvalue weighted by Gasteiger charge is 2.17. The van der Waals surface area contributed by atoms with E-state index in [9.17, 15) is 0 Å². The Morgan fingerprint density at radius 1 is 1.56 bits per heavy atom. The quantitative estimate of drug-likeness (QED) is 0.706. The fraction of sp³-hybridized carbons (Fsp3) is 0.200. The van der Waals surface area contributed by atoms with E-state index in [1.807, 2.05) is 31.0 Å². The standard InChI is InChI=1S/C15H17N3/c1-6-12(4)14-9-13(7-2)17-15(18(14)5)8-11(3)10-16/h7-9H,2-4,6H2,1,5H3/b15-8-. The number of likely N-dealkylation sites (N-methyl/N-ethyl adjacent to an activating group) is 1. The lowest BCUT2D eigenvalue weighted by Crippen LogP contribution is -2.22. The van der Waals surface area contributed by atoms with Crippen molar-refractivity contribution in [3.63, 3.8) is 0 Å². The van der Waals surface area contributed by atoms with Crippen LogP contribution in [-0.2, 0) is 0 Å². The predicted molar refractivity (Wildman–Crippen MR) is 75.7 cm³/mol. The lowest BCUT2D eigenvalue weighted by atomic mass is 10.1. The molecule has 1 aliphatic heterocycles. The van der Waals surface area contributed by atoms with Crippen LogP contribution in [0.3, 0.4) is 0 Å². The Morgan fingerprint density at radius 3 is 2.72 bits per heavy atom. The summed E-state index contributed by atoms with van der Waals surface area (Å²) in [6.07, 6.45) is 6.12. The topological polar surface area (TPSA) is 39.4 Å². The lowest BCUT2D eigenvalue weighted by Gasteiger charge is -2.27. The molecule has 0 saturated carbocycles. The number of hydrogen-bond acceptors (Lipinski definition) is 3. The molecule has 0 bridgehead atoms. The first kappa shape index (κ1) is 13.7. The highest BCUT2D eigenvalue weighted by Crippen LogP contribution is 2.25. The fourth-order valence-electron chi connectivity index (χ4n) is 1.54. The largest absolute Gasteiger partial charge is 0.329 e. The van der Waals surface area contributed by atoms with Gasteiger partial charge in [-0.05, 0) is 30.2 Å². The van der Waals surface area contributed by atoms with Crippen LogP contribution >= 0.6 is 0 Å². The summed E-state index contributed by atoms with van der Waals surface area (Å²) in [6.45, 7) is 13.5. The average Bonchev–Trinajstić information content (AvgIpc) is 2.39. The number of aliphatic imine (C=N–C) groups is 1. The third kappa shape index (κ3) is 2.86. The van der Waals surface area contributed by atoms with Crippen molar-refractivity contribution in [2.75, 3.05) is 7.05 Å². The van der Waals surface area contributed by atoms with Gasteiger partial charge in [0.15, 0.2) is 0 Å². The second kappa shape index (κ2) is 5.83. The Labute approximate surface area is 108 Å². The molecule has 0 unspecified atom stereocenters. The predicted octanol–water partition coefficient (Wildman–Crippen LogP) is 3.33. The molecule has 0 aromatic carbocycles. The van der Waals surface area contributed by atoms with Crippen LogP contribution < -0.4 is 0 Å². The fourth-order valence-corrected chi connectivity index (χ4v) is 1.54. The van der Waals surface area contributed by atoms with Crippen LogP contribution in [0.15, 0.2) is 65.6 Å². The Kier molecular flexibility index (Phi) is 4.45. The van der Waals surface area contributed by atoms with E-state index >= 15 is 0 Å². The zero-order chi connectivity index (χ0) is 13.7. The van der Waals surface area contributed by atoms with Crippen molar-refractivity contribution in [2.45, 2.75) is 13.3 Å². The van der Waals surface area contributed by atoms with Crippen molar-refractivity contribution in [2.24, 2.45) is 4.99 Å². The van der Waals surface area contributed by atoms with Crippen LogP contribution in [0.4, 0.5) is 0 Å². The Morgan fingerprint density at radius 2 is 2.22 bits per heavy atom. The third-order valence-corrected chi connectivity index (χ3v) is 2.68. The Balaban J connectivity index is 3.24. The first-order chi connectivity index (χ1) is 8.53. The van der Waals surface area contributed by atoms with Gasteiger partial charge < -0.3 is 4.90 Å². The van der Waals surface area contributed by atoms with E-state index in [0.717, 1.165) is 23.4 Å². The van der Waals surface area contributed by atoms with Gasteiger partial charge in [-0.1, -0.05) is 26.7 Å². The summed E-state index contributed by atoms with van der Waals surface area (Å²) in [6, 6.07) is 1.99. The summed E-state index contributed by atoms with van der Waals surface area (Å²) < 4.78 is 0. The van der Waals surface area contributed by atoms with Crippen molar-refractivity contribution < 1.29 is 0 Å². The van der Waals surface area contributed by atoms with Crippen molar-refractivity contribution in [1.82, 2.24) is 4.90 Å². The molecule has 0 spiro atoms. The monoisotopic (exact) mass is 239 g/mol. The maximum atomic E-state index is 8.78.